The van der Waals surface area contributed by atoms with Crippen molar-refractivity contribution in [3.05, 3.63) is 83.6 Å². The highest BCUT2D eigenvalue weighted by molar-refractivity contribution is 6.05. The lowest BCUT2D eigenvalue weighted by atomic mass is 10.1. The minimum Gasteiger partial charge on any atom is -0.340 e. The second-order valence-corrected chi connectivity index (χ2v) is 5.30. The fourth-order valence-corrected chi connectivity index (χ4v) is 2.25. The third-order valence-electron chi connectivity index (χ3n) is 3.51. The van der Waals surface area contributed by atoms with E-state index in [4.69, 9.17) is 5.26 Å². The molecular formula is C19H12F2N4O. The Kier molecular flexibility index (Phi) is 4.85. The van der Waals surface area contributed by atoms with E-state index in [1.807, 2.05) is 6.07 Å². The smallest absolute Gasteiger partial charge is 0.255 e. The molecule has 0 aliphatic carbocycles. The molecule has 2 aromatic carbocycles. The minimum atomic E-state index is -0.989. The maximum Gasteiger partial charge on any atom is 0.255 e. The Morgan fingerprint density at radius 1 is 1.04 bits per heavy atom. The number of carbonyl (C=O) groups is 1. The molecule has 26 heavy (non-hydrogen) atoms. The molecule has 0 atom stereocenters. The van der Waals surface area contributed by atoms with E-state index in [-0.39, 0.29) is 11.4 Å². The number of benzene rings is 2. The first-order chi connectivity index (χ1) is 12.6. The third kappa shape index (κ3) is 3.82. The van der Waals surface area contributed by atoms with E-state index >= 15 is 0 Å². The van der Waals surface area contributed by atoms with Crippen LogP contribution in [0.2, 0.25) is 0 Å². The summed E-state index contributed by atoms with van der Waals surface area (Å²) in [6.07, 6.45) is 1.41. The van der Waals surface area contributed by atoms with Crippen LogP contribution >= 0.6 is 0 Å². The summed E-state index contributed by atoms with van der Waals surface area (Å²) in [4.78, 5) is 16.5. The molecule has 0 spiro atoms. The van der Waals surface area contributed by atoms with Crippen molar-refractivity contribution in [2.45, 2.75) is 0 Å². The molecule has 0 fully saturated rings. The molecule has 0 saturated carbocycles. The van der Waals surface area contributed by atoms with Crippen molar-refractivity contribution in [1.82, 2.24) is 4.98 Å². The van der Waals surface area contributed by atoms with Crippen molar-refractivity contribution in [3.63, 3.8) is 0 Å². The molecule has 0 bridgehead atoms. The molecule has 2 N–H and O–H groups in total. The summed E-state index contributed by atoms with van der Waals surface area (Å²) < 4.78 is 26.3. The number of carbonyl (C=O) groups excluding carboxylic acids is 1. The summed E-state index contributed by atoms with van der Waals surface area (Å²) in [5.41, 5.74) is 1.32. The summed E-state index contributed by atoms with van der Waals surface area (Å²) in [7, 11) is 0. The first-order valence-electron chi connectivity index (χ1n) is 7.55. The maximum absolute atomic E-state index is 13.3. The number of rotatable bonds is 4. The fraction of sp³-hybridized carbons (Fsp3) is 0. The number of pyridine rings is 1. The molecular weight excluding hydrogens is 338 g/mol. The first-order valence-corrected chi connectivity index (χ1v) is 7.55. The van der Waals surface area contributed by atoms with Gasteiger partial charge in [0.1, 0.15) is 11.9 Å². The number of para-hydroxylation sites is 1. The molecule has 1 aromatic heterocycles. The van der Waals surface area contributed by atoms with Gasteiger partial charge in [-0.25, -0.2) is 13.8 Å². The SMILES string of the molecule is N#Cc1ccccc1NC(=O)c1ccnc(Nc2ccc(F)c(F)c2)c1. The van der Waals surface area contributed by atoms with Crippen molar-refractivity contribution in [3.8, 4) is 6.07 Å². The molecule has 0 aliphatic heterocycles. The van der Waals surface area contributed by atoms with Crippen molar-refractivity contribution in [2.75, 3.05) is 10.6 Å². The summed E-state index contributed by atoms with van der Waals surface area (Å²) in [5, 5.41) is 14.5. The highest BCUT2D eigenvalue weighted by Gasteiger charge is 2.10. The number of anilines is 3. The Hall–Kier alpha value is -3.79. The van der Waals surface area contributed by atoms with Gasteiger partial charge in [-0.2, -0.15) is 5.26 Å². The molecule has 0 unspecified atom stereocenters. The minimum absolute atomic E-state index is 0.289. The van der Waals surface area contributed by atoms with Gasteiger partial charge < -0.3 is 10.6 Å². The van der Waals surface area contributed by atoms with Crippen LogP contribution in [0.3, 0.4) is 0 Å². The highest BCUT2D eigenvalue weighted by atomic mass is 19.2. The largest absolute Gasteiger partial charge is 0.340 e. The lowest BCUT2D eigenvalue weighted by Gasteiger charge is -2.09. The number of hydrogen-bond acceptors (Lipinski definition) is 4. The van der Waals surface area contributed by atoms with E-state index < -0.39 is 17.5 Å². The predicted molar refractivity (Wildman–Crippen MR) is 93.0 cm³/mol. The van der Waals surface area contributed by atoms with Crippen molar-refractivity contribution in [1.29, 1.82) is 5.26 Å². The third-order valence-corrected chi connectivity index (χ3v) is 3.51. The van der Waals surface area contributed by atoms with E-state index in [1.54, 1.807) is 24.3 Å². The molecule has 3 rings (SSSR count). The van der Waals surface area contributed by atoms with Crippen LogP contribution in [-0.4, -0.2) is 10.9 Å². The van der Waals surface area contributed by atoms with E-state index in [1.165, 1.54) is 24.4 Å². The molecule has 5 nitrogen and oxygen atoms in total. The normalized spacial score (nSPS) is 10.0. The van der Waals surface area contributed by atoms with Gasteiger partial charge in [0.15, 0.2) is 11.6 Å². The number of nitrogens with zero attached hydrogens (tertiary/aromatic N) is 2. The van der Waals surface area contributed by atoms with Gasteiger partial charge in [0.05, 0.1) is 11.3 Å². The molecule has 1 amide bonds. The number of aromatic nitrogens is 1. The lowest BCUT2D eigenvalue weighted by Crippen LogP contribution is -2.13. The van der Waals surface area contributed by atoms with Crippen LogP contribution in [0.5, 0.6) is 0 Å². The first kappa shape index (κ1) is 17.0. The molecule has 0 aliphatic rings. The van der Waals surface area contributed by atoms with E-state index in [9.17, 15) is 13.6 Å². The summed E-state index contributed by atoms with van der Waals surface area (Å²) >= 11 is 0. The van der Waals surface area contributed by atoms with Gasteiger partial charge in [0, 0.05) is 23.5 Å². The zero-order valence-electron chi connectivity index (χ0n) is 13.3. The van der Waals surface area contributed by atoms with Gasteiger partial charge in [0.25, 0.3) is 5.91 Å². The van der Waals surface area contributed by atoms with Crippen molar-refractivity contribution < 1.29 is 13.6 Å². The topological polar surface area (TPSA) is 77.8 Å². The van der Waals surface area contributed by atoms with Gasteiger partial charge in [-0.05, 0) is 36.4 Å². The summed E-state index contributed by atoms with van der Waals surface area (Å²) in [6, 6.07) is 14.9. The Labute approximate surface area is 147 Å². The second-order valence-electron chi connectivity index (χ2n) is 5.30. The van der Waals surface area contributed by atoms with Crippen LogP contribution < -0.4 is 10.6 Å². The van der Waals surface area contributed by atoms with Gasteiger partial charge in [0.2, 0.25) is 0 Å². The second kappa shape index (κ2) is 7.40. The number of hydrogen-bond donors (Lipinski definition) is 2. The van der Waals surface area contributed by atoms with Gasteiger partial charge in [-0.1, -0.05) is 12.1 Å². The number of amides is 1. The average Bonchev–Trinajstić information content (AvgIpc) is 2.65. The van der Waals surface area contributed by atoms with E-state index in [0.29, 0.717) is 16.9 Å². The zero-order valence-corrected chi connectivity index (χ0v) is 13.3. The van der Waals surface area contributed by atoms with Crippen molar-refractivity contribution >= 4 is 23.1 Å². The number of nitriles is 1. The van der Waals surface area contributed by atoms with Gasteiger partial charge in [-0.15, -0.1) is 0 Å². The highest BCUT2D eigenvalue weighted by Crippen LogP contribution is 2.19. The van der Waals surface area contributed by atoms with Crippen LogP contribution in [0.15, 0.2) is 60.8 Å². The molecule has 0 radical (unpaired) electrons. The fourth-order valence-electron chi connectivity index (χ4n) is 2.25. The Morgan fingerprint density at radius 3 is 2.62 bits per heavy atom. The number of halogens is 2. The van der Waals surface area contributed by atoms with Gasteiger partial charge >= 0.3 is 0 Å². The summed E-state index contributed by atoms with van der Waals surface area (Å²) in [6.45, 7) is 0. The molecule has 7 heteroatoms. The Bertz CT molecular complexity index is 1010. The van der Waals surface area contributed by atoms with E-state index in [2.05, 4.69) is 15.6 Å². The Morgan fingerprint density at radius 2 is 1.85 bits per heavy atom. The quantitative estimate of drug-likeness (QED) is 0.738. The number of nitrogens with one attached hydrogen (secondary N) is 2. The van der Waals surface area contributed by atoms with Crippen LogP contribution in [0.25, 0.3) is 0 Å². The molecule has 128 valence electrons. The average molecular weight is 350 g/mol. The van der Waals surface area contributed by atoms with Crippen LogP contribution in [0.4, 0.5) is 26.0 Å². The molecule has 3 aromatic rings. The summed E-state index contributed by atoms with van der Waals surface area (Å²) in [5.74, 6) is -2.08. The van der Waals surface area contributed by atoms with Crippen molar-refractivity contribution in [2.24, 2.45) is 0 Å². The maximum atomic E-state index is 13.3. The predicted octanol–water partition coefficient (Wildman–Crippen LogP) is 4.23. The van der Waals surface area contributed by atoms with Gasteiger partial charge in [-0.3, -0.25) is 4.79 Å². The monoisotopic (exact) mass is 350 g/mol. The Balaban J connectivity index is 1.79. The van der Waals surface area contributed by atoms with Crippen LogP contribution in [0, 0.1) is 23.0 Å². The standard InChI is InChI=1S/C19H12F2N4O/c20-15-6-5-14(10-16(15)21)24-18-9-12(7-8-23-18)19(26)25-17-4-2-1-3-13(17)11-22/h1-10H,(H,23,24)(H,25,26). The lowest BCUT2D eigenvalue weighted by molar-refractivity contribution is 0.102. The molecule has 1 heterocycles. The van der Waals surface area contributed by atoms with E-state index in [0.717, 1.165) is 12.1 Å². The van der Waals surface area contributed by atoms with Crippen LogP contribution in [-0.2, 0) is 0 Å². The molecule has 0 saturated heterocycles. The van der Waals surface area contributed by atoms with Crippen LogP contribution in [0.1, 0.15) is 15.9 Å². The zero-order chi connectivity index (χ0) is 18.5.